The molecule has 0 saturated carbocycles. The predicted octanol–water partition coefficient (Wildman–Crippen LogP) is 4.92. The number of anilines is 1. The van der Waals surface area contributed by atoms with Crippen LogP contribution < -0.4 is 5.32 Å². The quantitative estimate of drug-likeness (QED) is 0.648. The van der Waals surface area contributed by atoms with E-state index >= 15 is 0 Å². The van der Waals surface area contributed by atoms with Gasteiger partial charge in [0.25, 0.3) is 0 Å². The van der Waals surface area contributed by atoms with Crippen molar-refractivity contribution >= 4 is 11.8 Å². The smallest absolute Gasteiger partial charge is 0.310 e. The first kappa shape index (κ1) is 18.7. The number of benzene rings is 1. The molecule has 2 aromatic heterocycles. The summed E-state index contributed by atoms with van der Waals surface area (Å²) < 4.78 is 41.8. The van der Waals surface area contributed by atoms with Crippen LogP contribution in [0.15, 0.2) is 48.8 Å². The molecule has 30 heavy (non-hydrogen) atoms. The zero-order valence-corrected chi connectivity index (χ0v) is 16.0. The van der Waals surface area contributed by atoms with E-state index in [0.717, 1.165) is 30.2 Å². The number of amides is 2. The lowest BCUT2D eigenvalue weighted by Crippen LogP contribution is -2.32. The number of aromatic nitrogens is 3. The molecule has 2 aliphatic heterocycles. The highest BCUT2D eigenvalue weighted by Gasteiger charge is 2.46. The van der Waals surface area contributed by atoms with Crippen molar-refractivity contribution in [2.45, 2.75) is 31.1 Å². The van der Waals surface area contributed by atoms with Gasteiger partial charge in [0.05, 0.1) is 23.3 Å². The first-order chi connectivity index (χ1) is 14.3. The molecule has 9 heteroatoms. The van der Waals surface area contributed by atoms with Crippen LogP contribution in [0.25, 0.3) is 11.3 Å². The molecule has 0 radical (unpaired) electrons. The van der Waals surface area contributed by atoms with Gasteiger partial charge in [-0.2, -0.15) is 18.3 Å². The Labute approximate surface area is 170 Å². The van der Waals surface area contributed by atoms with Gasteiger partial charge < -0.3 is 4.90 Å². The fourth-order valence-corrected chi connectivity index (χ4v) is 4.52. The molecule has 1 aromatic carbocycles. The molecule has 154 valence electrons. The molecule has 1 N–H and O–H groups in total. The van der Waals surface area contributed by atoms with Gasteiger partial charge in [-0.05, 0) is 36.1 Å². The Morgan fingerprint density at radius 3 is 2.37 bits per heavy atom. The van der Waals surface area contributed by atoms with E-state index in [-0.39, 0.29) is 35.2 Å². The van der Waals surface area contributed by atoms with Crippen molar-refractivity contribution in [3.05, 3.63) is 65.5 Å². The van der Waals surface area contributed by atoms with Crippen LogP contribution in [0.5, 0.6) is 0 Å². The lowest BCUT2D eigenvalue weighted by Gasteiger charge is -2.23. The molecule has 4 heterocycles. The minimum Gasteiger partial charge on any atom is -0.310 e. The number of rotatable bonds is 2. The zero-order valence-electron chi connectivity index (χ0n) is 16.0. The molecule has 0 spiro atoms. The van der Waals surface area contributed by atoms with Crippen molar-refractivity contribution in [2.24, 2.45) is 7.05 Å². The number of hydrogen-bond donors (Lipinski definition) is 1. The van der Waals surface area contributed by atoms with Gasteiger partial charge in [0.15, 0.2) is 0 Å². The Hall–Kier alpha value is -3.36. The number of urea groups is 1. The van der Waals surface area contributed by atoms with Crippen molar-refractivity contribution in [2.75, 3.05) is 5.32 Å². The average Bonchev–Trinajstić information content (AvgIpc) is 3.41. The third kappa shape index (κ3) is 2.92. The van der Waals surface area contributed by atoms with Gasteiger partial charge in [0.2, 0.25) is 0 Å². The summed E-state index contributed by atoms with van der Waals surface area (Å²) in [5, 5.41) is 6.77. The van der Waals surface area contributed by atoms with E-state index in [9.17, 15) is 18.0 Å². The number of nitrogens with one attached hydrogen (secondary N) is 1. The first-order valence-corrected chi connectivity index (χ1v) is 9.58. The number of carbonyl (C=O) groups is 1. The van der Waals surface area contributed by atoms with Crippen LogP contribution in [0.1, 0.15) is 41.6 Å². The van der Waals surface area contributed by atoms with Crippen molar-refractivity contribution in [3.63, 3.8) is 0 Å². The van der Waals surface area contributed by atoms with Crippen molar-refractivity contribution < 1.29 is 18.0 Å². The lowest BCUT2D eigenvalue weighted by atomic mass is 9.92. The molecule has 1 saturated heterocycles. The summed E-state index contributed by atoms with van der Waals surface area (Å²) in [6, 6.07) is 10.3. The largest absolute Gasteiger partial charge is 0.418 e. The molecule has 1 fully saturated rings. The number of nitrogens with zero attached hydrogens (tertiary/aromatic N) is 4. The molecule has 2 aliphatic rings. The molecule has 6 nitrogen and oxygen atoms in total. The predicted molar refractivity (Wildman–Crippen MR) is 103 cm³/mol. The first-order valence-electron chi connectivity index (χ1n) is 9.58. The zero-order chi connectivity index (χ0) is 21.0. The summed E-state index contributed by atoms with van der Waals surface area (Å²) in [4.78, 5) is 18.6. The molecule has 2 atom stereocenters. The van der Waals surface area contributed by atoms with E-state index < -0.39 is 11.7 Å². The number of fused-ring (bicyclic) bond motifs is 5. The van der Waals surface area contributed by atoms with Crippen LogP contribution in [0.3, 0.4) is 0 Å². The maximum atomic E-state index is 13.5. The third-order valence-corrected chi connectivity index (χ3v) is 5.77. The number of halogens is 3. The van der Waals surface area contributed by atoms with Crippen molar-refractivity contribution in [1.29, 1.82) is 0 Å². The van der Waals surface area contributed by atoms with Crippen LogP contribution in [-0.4, -0.2) is 25.7 Å². The molecule has 2 amide bonds. The second-order valence-corrected chi connectivity index (χ2v) is 7.56. The monoisotopic (exact) mass is 413 g/mol. The molecule has 2 unspecified atom stereocenters. The topological polar surface area (TPSA) is 63.1 Å². The Balaban J connectivity index is 1.45. The lowest BCUT2D eigenvalue weighted by molar-refractivity contribution is -0.137. The Kier molecular flexibility index (Phi) is 4.09. The van der Waals surface area contributed by atoms with Crippen LogP contribution >= 0.6 is 0 Å². The fourth-order valence-electron chi connectivity index (χ4n) is 4.52. The molecule has 5 rings (SSSR count). The number of pyridine rings is 1. The highest BCUT2D eigenvalue weighted by Crippen LogP contribution is 2.53. The summed E-state index contributed by atoms with van der Waals surface area (Å²) in [6.07, 6.45) is -0.540. The molecule has 2 bridgehead atoms. The summed E-state index contributed by atoms with van der Waals surface area (Å²) >= 11 is 0. The number of hydrogen-bond acceptors (Lipinski definition) is 3. The maximum Gasteiger partial charge on any atom is 0.418 e. The summed E-state index contributed by atoms with van der Waals surface area (Å²) in [7, 11) is 1.63. The van der Waals surface area contributed by atoms with E-state index in [1.165, 1.54) is 16.8 Å². The number of aryl methyl sites for hydroxylation is 1. The van der Waals surface area contributed by atoms with Gasteiger partial charge in [-0.15, -0.1) is 0 Å². The van der Waals surface area contributed by atoms with Gasteiger partial charge in [-0.25, -0.2) is 9.78 Å². The molecular formula is C21H18F3N5O. The van der Waals surface area contributed by atoms with Crippen LogP contribution in [0, 0.1) is 0 Å². The summed E-state index contributed by atoms with van der Waals surface area (Å²) in [5.74, 6) is 0.0593. The normalized spacial score (nSPS) is 19.8. The Morgan fingerprint density at radius 1 is 1.13 bits per heavy atom. The van der Waals surface area contributed by atoms with Crippen molar-refractivity contribution in [3.8, 4) is 11.3 Å². The van der Waals surface area contributed by atoms with Crippen LogP contribution in [0.2, 0.25) is 0 Å². The maximum absolute atomic E-state index is 13.5. The van der Waals surface area contributed by atoms with E-state index in [2.05, 4.69) is 15.4 Å². The van der Waals surface area contributed by atoms with Gasteiger partial charge in [-0.1, -0.05) is 24.3 Å². The minimum absolute atomic E-state index is 0.0177. The minimum atomic E-state index is -4.59. The van der Waals surface area contributed by atoms with E-state index in [0.29, 0.717) is 0 Å². The fraction of sp³-hybridized carbons (Fsp3) is 0.286. The number of carbonyl (C=O) groups excluding carboxylic acids is 1. The standard InChI is InChI=1S/C21H18F3N5O/c1-28-9-8-16(27-28)14-10-19(25-11-15(14)21(22,23)24)26-20(30)29-17-6-7-18(29)13-5-3-2-4-12(13)17/h2-5,8-11,17-18H,6-7H2,1H3,(H,25,26,30). The highest BCUT2D eigenvalue weighted by molar-refractivity contribution is 5.90. The van der Waals surface area contributed by atoms with Gasteiger partial charge in [-0.3, -0.25) is 10.00 Å². The highest BCUT2D eigenvalue weighted by atomic mass is 19.4. The number of alkyl halides is 3. The van der Waals surface area contributed by atoms with E-state index in [1.54, 1.807) is 18.1 Å². The Morgan fingerprint density at radius 2 is 1.80 bits per heavy atom. The van der Waals surface area contributed by atoms with Gasteiger partial charge >= 0.3 is 12.2 Å². The van der Waals surface area contributed by atoms with Gasteiger partial charge in [0.1, 0.15) is 5.82 Å². The van der Waals surface area contributed by atoms with E-state index in [4.69, 9.17) is 0 Å². The Bertz CT molecular complexity index is 1110. The second kappa shape index (κ2) is 6.58. The summed E-state index contributed by atoms with van der Waals surface area (Å²) in [5.41, 5.74) is 1.42. The third-order valence-electron chi connectivity index (χ3n) is 5.77. The average molecular weight is 413 g/mol. The van der Waals surface area contributed by atoms with Crippen LogP contribution in [0.4, 0.5) is 23.8 Å². The SMILES string of the molecule is Cn1ccc(-c2cc(NC(=O)N3C4CCC3c3ccccc34)ncc2C(F)(F)F)n1. The summed E-state index contributed by atoms with van der Waals surface area (Å²) in [6.45, 7) is 0. The molecule has 0 aliphatic carbocycles. The van der Waals surface area contributed by atoms with Gasteiger partial charge in [0, 0.05) is 25.0 Å². The second-order valence-electron chi connectivity index (χ2n) is 7.56. The van der Waals surface area contributed by atoms with E-state index in [1.807, 2.05) is 24.3 Å². The van der Waals surface area contributed by atoms with Crippen LogP contribution in [-0.2, 0) is 13.2 Å². The molecule has 3 aromatic rings. The molecular weight excluding hydrogens is 395 g/mol. The van der Waals surface area contributed by atoms with Crippen molar-refractivity contribution in [1.82, 2.24) is 19.7 Å².